The monoisotopic (exact) mass is 308 g/mol. The number of nitrogens with one attached hydrogen (secondary N) is 1. The summed E-state index contributed by atoms with van der Waals surface area (Å²) < 4.78 is 0. The highest BCUT2D eigenvalue weighted by molar-refractivity contribution is 5.89. The van der Waals surface area contributed by atoms with Crippen LogP contribution >= 0.6 is 0 Å². The summed E-state index contributed by atoms with van der Waals surface area (Å²) in [6.07, 6.45) is 10.5. The molecule has 0 bridgehead atoms. The first kappa shape index (κ1) is 15.8. The lowest BCUT2D eigenvalue weighted by Crippen LogP contribution is -2.61. The zero-order valence-corrected chi connectivity index (χ0v) is 13.4. The van der Waals surface area contributed by atoms with Gasteiger partial charge < -0.3 is 10.4 Å². The Morgan fingerprint density at radius 2 is 1.73 bits per heavy atom. The molecule has 1 amide bonds. The van der Waals surface area contributed by atoms with Crippen molar-refractivity contribution in [1.82, 2.24) is 10.2 Å². The number of rotatable bonds is 4. The molecule has 1 atom stereocenters. The number of likely N-dealkylation sites (tertiary alicyclic amines) is 1. The van der Waals surface area contributed by atoms with E-state index in [4.69, 9.17) is 0 Å². The van der Waals surface area contributed by atoms with Crippen molar-refractivity contribution in [3.63, 3.8) is 0 Å². The lowest BCUT2D eigenvalue weighted by Gasteiger charge is -2.42. The van der Waals surface area contributed by atoms with Crippen LogP contribution in [0.2, 0.25) is 0 Å². The number of hydrogen-bond acceptors (Lipinski definition) is 3. The third-order valence-corrected chi connectivity index (χ3v) is 5.89. The third-order valence-electron chi connectivity index (χ3n) is 5.89. The molecule has 1 saturated heterocycles. The van der Waals surface area contributed by atoms with Gasteiger partial charge in [0.2, 0.25) is 5.91 Å². The van der Waals surface area contributed by atoms with Crippen molar-refractivity contribution in [3.8, 4) is 0 Å². The van der Waals surface area contributed by atoms with Crippen molar-refractivity contribution in [2.75, 3.05) is 13.1 Å². The Bertz CT molecular complexity index is 428. The Balaban J connectivity index is 1.57. The Hall–Kier alpha value is -1.10. The first-order chi connectivity index (χ1) is 10.6. The molecule has 0 aromatic heterocycles. The number of carbonyl (C=O) groups is 2. The molecule has 2 saturated carbocycles. The molecular formula is C17H28N2O3. The molecule has 0 spiro atoms. The maximum absolute atomic E-state index is 12.5. The van der Waals surface area contributed by atoms with Crippen LogP contribution in [0.3, 0.4) is 0 Å². The Kier molecular flexibility index (Phi) is 4.71. The summed E-state index contributed by atoms with van der Waals surface area (Å²) in [6.45, 7) is 1.91. The van der Waals surface area contributed by atoms with Gasteiger partial charge in [-0.3, -0.25) is 9.69 Å². The van der Waals surface area contributed by atoms with E-state index in [1.807, 2.05) is 0 Å². The van der Waals surface area contributed by atoms with Crippen molar-refractivity contribution in [2.24, 2.45) is 5.92 Å². The van der Waals surface area contributed by atoms with Crippen molar-refractivity contribution in [2.45, 2.75) is 75.8 Å². The summed E-state index contributed by atoms with van der Waals surface area (Å²) >= 11 is 0. The Morgan fingerprint density at radius 3 is 2.32 bits per heavy atom. The molecule has 0 aromatic carbocycles. The van der Waals surface area contributed by atoms with Crippen LogP contribution in [0.25, 0.3) is 0 Å². The largest absolute Gasteiger partial charge is 0.480 e. The van der Waals surface area contributed by atoms with E-state index in [2.05, 4.69) is 10.2 Å². The summed E-state index contributed by atoms with van der Waals surface area (Å²) in [6, 6.07) is 0.640. The van der Waals surface area contributed by atoms with Crippen molar-refractivity contribution in [3.05, 3.63) is 0 Å². The summed E-state index contributed by atoms with van der Waals surface area (Å²) in [7, 11) is 0. The fourth-order valence-electron chi connectivity index (χ4n) is 4.26. The smallest absolute Gasteiger partial charge is 0.329 e. The van der Waals surface area contributed by atoms with Crippen LogP contribution in [0.4, 0.5) is 0 Å². The normalized spacial score (nSPS) is 29.5. The van der Waals surface area contributed by atoms with E-state index in [1.165, 1.54) is 32.1 Å². The zero-order valence-electron chi connectivity index (χ0n) is 13.4. The quantitative estimate of drug-likeness (QED) is 0.835. The lowest BCUT2D eigenvalue weighted by atomic mass is 9.76. The van der Waals surface area contributed by atoms with Crippen molar-refractivity contribution >= 4 is 11.9 Å². The van der Waals surface area contributed by atoms with Gasteiger partial charge in [0.05, 0.1) is 5.92 Å². The summed E-state index contributed by atoms with van der Waals surface area (Å²) in [5.41, 5.74) is -0.968. The fourth-order valence-corrected chi connectivity index (χ4v) is 4.26. The lowest BCUT2D eigenvalue weighted by molar-refractivity contribution is -0.152. The Labute approximate surface area is 132 Å². The number of piperidine rings is 1. The summed E-state index contributed by atoms with van der Waals surface area (Å²) in [5.74, 6) is -0.942. The fraction of sp³-hybridized carbons (Fsp3) is 0.882. The average molecular weight is 308 g/mol. The summed E-state index contributed by atoms with van der Waals surface area (Å²) in [5, 5.41) is 12.2. The van der Waals surface area contributed by atoms with E-state index in [9.17, 15) is 14.7 Å². The van der Waals surface area contributed by atoms with Crippen LogP contribution in [0.5, 0.6) is 0 Å². The molecule has 3 fully saturated rings. The van der Waals surface area contributed by atoms with Gasteiger partial charge in [0.1, 0.15) is 5.54 Å². The highest BCUT2D eigenvalue weighted by Gasteiger charge is 2.46. The number of hydrogen-bond donors (Lipinski definition) is 2. The van der Waals surface area contributed by atoms with Crippen molar-refractivity contribution in [1.29, 1.82) is 0 Å². The second-order valence-corrected chi connectivity index (χ2v) is 7.36. The van der Waals surface area contributed by atoms with Gasteiger partial charge in [0.15, 0.2) is 0 Å². The van der Waals surface area contributed by atoms with Gasteiger partial charge >= 0.3 is 5.97 Å². The van der Waals surface area contributed by atoms with Crippen molar-refractivity contribution < 1.29 is 14.7 Å². The number of nitrogens with zero attached hydrogens (tertiary/aromatic N) is 1. The molecule has 1 heterocycles. The van der Waals surface area contributed by atoms with Crippen LogP contribution in [-0.4, -0.2) is 46.6 Å². The molecule has 0 radical (unpaired) electrons. The van der Waals surface area contributed by atoms with E-state index in [1.54, 1.807) is 0 Å². The molecule has 1 unspecified atom stereocenters. The Morgan fingerprint density at radius 1 is 1.00 bits per heavy atom. The van der Waals surface area contributed by atoms with E-state index >= 15 is 0 Å². The van der Waals surface area contributed by atoms with Gasteiger partial charge in [0.25, 0.3) is 0 Å². The standard InChI is InChI=1S/C17H28N2O3/c20-15(18-17(16(21)22)9-5-10-17)13-6-4-11-19(12-13)14-7-2-1-3-8-14/h13-14H,1-12H2,(H,18,20)(H,21,22). The minimum atomic E-state index is -0.968. The highest BCUT2D eigenvalue weighted by atomic mass is 16.4. The topological polar surface area (TPSA) is 69.6 Å². The van der Waals surface area contributed by atoms with Gasteiger partial charge in [0, 0.05) is 12.6 Å². The zero-order chi connectivity index (χ0) is 15.6. The second-order valence-electron chi connectivity index (χ2n) is 7.36. The number of carboxylic acids is 1. The third kappa shape index (κ3) is 3.14. The molecule has 2 N–H and O–H groups in total. The number of aliphatic carboxylic acids is 1. The first-order valence-corrected chi connectivity index (χ1v) is 8.90. The first-order valence-electron chi connectivity index (χ1n) is 8.90. The number of carbonyl (C=O) groups excluding carboxylic acids is 1. The molecule has 124 valence electrons. The van der Waals surface area contributed by atoms with E-state index < -0.39 is 11.5 Å². The van der Waals surface area contributed by atoms with Gasteiger partial charge in [-0.15, -0.1) is 0 Å². The minimum Gasteiger partial charge on any atom is -0.480 e. The SMILES string of the molecule is O=C(NC1(C(=O)O)CCC1)C1CCCN(C2CCCCC2)C1. The maximum atomic E-state index is 12.5. The molecule has 5 nitrogen and oxygen atoms in total. The minimum absolute atomic E-state index is 0.0347. The van der Waals surface area contributed by atoms with E-state index in [0.717, 1.165) is 32.4 Å². The second kappa shape index (κ2) is 6.57. The van der Waals surface area contributed by atoms with Gasteiger partial charge in [-0.05, 0) is 51.5 Å². The van der Waals surface area contributed by atoms with Crippen LogP contribution in [0.15, 0.2) is 0 Å². The predicted octanol–water partition coefficient (Wildman–Crippen LogP) is 2.15. The molecule has 1 aliphatic heterocycles. The van der Waals surface area contributed by atoms with Crippen LogP contribution in [0.1, 0.15) is 64.2 Å². The average Bonchev–Trinajstić information content (AvgIpc) is 2.51. The number of carboxylic acid groups (broad SMARTS) is 1. The van der Waals surface area contributed by atoms with E-state index in [-0.39, 0.29) is 11.8 Å². The predicted molar refractivity (Wildman–Crippen MR) is 83.5 cm³/mol. The molecule has 3 rings (SSSR count). The molecular weight excluding hydrogens is 280 g/mol. The molecule has 22 heavy (non-hydrogen) atoms. The van der Waals surface area contributed by atoms with Gasteiger partial charge in [-0.25, -0.2) is 4.79 Å². The molecule has 3 aliphatic rings. The summed E-state index contributed by atoms with van der Waals surface area (Å²) in [4.78, 5) is 26.4. The number of amides is 1. The van der Waals surface area contributed by atoms with Gasteiger partial charge in [-0.1, -0.05) is 19.3 Å². The molecule has 5 heteroatoms. The molecule has 0 aromatic rings. The molecule has 2 aliphatic carbocycles. The highest BCUT2D eigenvalue weighted by Crippen LogP contribution is 2.33. The van der Waals surface area contributed by atoms with Crippen LogP contribution < -0.4 is 5.32 Å². The van der Waals surface area contributed by atoms with Crippen LogP contribution in [0, 0.1) is 5.92 Å². The van der Waals surface area contributed by atoms with E-state index in [0.29, 0.717) is 18.9 Å². The van der Waals surface area contributed by atoms with Gasteiger partial charge in [-0.2, -0.15) is 0 Å². The van der Waals surface area contributed by atoms with Crippen LogP contribution in [-0.2, 0) is 9.59 Å². The maximum Gasteiger partial charge on any atom is 0.329 e.